The van der Waals surface area contributed by atoms with Gasteiger partial charge in [0.15, 0.2) is 0 Å². The zero-order valence-electron chi connectivity index (χ0n) is 16.0. The second-order valence-corrected chi connectivity index (χ2v) is 8.58. The highest BCUT2D eigenvalue weighted by Crippen LogP contribution is 2.36. The quantitative estimate of drug-likeness (QED) is 0.590. The van der Waals surface area contributed by atoms with Crippen molar-refractivity contribution in [3.8, 4) is 0 Å². The van der Waals surface area contributed by atoms with Gasteiger partial charge in [-0.2, -0.15) is 0 Å². The van der Waals surface area contributed by atoms with Crippen LogP contribution in [0.1, 0.15) is 43.2 Å². The van der Waals surface area contributed by atoms with Gasteiger partial charge in [-0.05, 0) is 30.4 Å². The van der Waals surface area contributed by atoms with Crippen molar-refractivity contribution in [1.82, 2.24) is 4.90 Å². The lowest BCUT2D eigenvalue weighted by Gasteiger charge is -2.54. The first kappa shape index (κ1) is 19.0. The summed E-state index contributed by atoms with van der Waals surface area (Å²) in [5.41, 5.74) is 2.55. The third-order valence-electron chi connectivity index (χ3n) is 6.15. The Bertz CT molecular complexity index is 686. The molecule has 1 heterocycles. The maximum atomic E-state index is 6.99. The molecule has 4 rings (SSSR count). The third-order valence-corrected chi connectivity index (χ3v) is 6.56. The number of halogens is 1. The van der Waals surface area contributed by atoms with Crippen molar-refractivity contribution < 1.29 is 4.74 Å². The Morgan fingerprint density at radius 1 is 0.889 bits per heavy atom. The molecule has 27 heavy (non-hydrogen) atoms. The predicted octanol–water partition coefficient (Wildman–Crippen LogP) is 5.44. The van der Waals surface area contributed by atoms with Gasteiger partial charge < -0.3 is 4.74 Å². The fourth-order valence-electron chi connectivity index (χ4n) is 4.65. The molecule has 0 radical (unpaired) electrons. The van der Waals surface area contributed by atoms with E-state index in [-0.39, 0.29) is 11.5 Å². The lowest BCUT2D eigenvalue weighted by atomic mass is 9.85. The van der Waals surface area contributed by atoms with E-state index in [4.69, 9.17) is 16.3 Å². The van der Waals surface area contributed by atoms with Crippen molar-refractivity contribution in [2.75, 3.05) is 6.54 Å². The molecular formula is C24H30ClNO. The number of benzene rings is 2. The molecule has 3 heteroatoms. The number of hydrogen-bond donors (Lipinski definition) is 0. The van der Waals surface area contributed by atoms with Gasteiger partial charge in [-0.3, -0.25) is 4.90 Å². The third kappa shape index (κ3) is 4.74. The summed E-state index contributed by atoms with van der Waals surface area (Å²) in [6, 6.07) is 22.1. The van der Waals surface area contributed by atoms with Gasteiger partial charge in [0.25, 0.3) is 0 Å². The second-order valence-electron chi connectivity index (χ2n) is 8.02. The van der Waals surface area contributed by atoms with Crippen LogP contribution in [0, 0.1) is 0 Å². The van der Waals surface area contributed by atoms with Crippen LogP contribution in [0.4, 0.5) is 0 Å². The first-order chi connectivity index (χ1) is 13.3. The van der Waals surface area contributed by atoms with Crippen molar-refractivity contribution in [2.45, 2.75) is 68.7 Å². The summed E-state index contributed by atoms with van der Waals surface area (Å²) in [7, 11) is 0. The minimum absolute atomic E-state index is 0.0869. The van der Waals surface area contributed by atoms with E-state index in [1.165, 1.54) is 43.2 Å². The monoisotopic (exact) mass is 383 g/mol. The molecule has 1 saturated heterocycles. The summed E-state index contributed by atoms with van der Waals surface area (Å²) in [5.74, 6) is 0. The minimum atomic E-state index is 0.0869. The van der Waals surface area contributed by atoms with Gasteiger partial charge in [0, 0.05) is 12.6 Å². The van der Waals surface area contributed by atoms with Crippen molar-refractivity contribution in [3.63, 3.8) is 0 Å². The van der Waals surface area contributed by atoms with Crippen molar-refractivity contribution >= 4 is 11.6 Å². The van der Waals surface area contributed by atoms with Crippen LogP contribution in [-0.4, -0.2) is 35.0 Å². The highest BCUT2D eigenvalue weighted by Gasteiger charge is 2.46. The Hall–Kier alpha value is -1.35. The van der Waals surface area contributed by atoms with E-state index in [9.17, 15) is 0 Å². The molecule has 0 bridgehead atoms. The summed E-state index contributed by atoms with van der Waals surface area (Å²) in [6.45, 7) is 1.70. The highest BCUT2D eigenvalue weighted by molar-refractivity contribution is 6.21. The first-order valence-electron chi connectivity index (χ1n) is 10.4. The van der Waals surface area contributed by atoms with Crippen molar-refractivity contribution in [2.24, 2.45) is 0 Å². The molecule has 0 unspecified atom stereocenters. The van der Waals surface area contributed by atoms with Gasteiger partial charge in [-0.1, -0.05) is 79.9 Å². The van der Waals surface area contributed by atoms with Crippen LogP contribution in [0.25, 0.3) is 0 Å². The fourth-order valence-corrected chi connectivity index (χ4v) is 5.13. The maximum absolute atomic E-state index is 6.99. The van der Waals surface area contributed by atoms with Crippen LogP contribution in [-0.2, 0) is 17.8 Å². The fraction of sp³-hybridized carbons (Fsp3) is 0.500. The predicted molar refractivity (Wildman–Crippen MR) is 112 cm³/mol. The number of likely N-dealkylation sites (tertiary alicyclic amines) is 1. The van der Waals surface area contributed by atoms with Crippen LogP contribution in [0.15, 0.2) is 60.7 Å². The van der Waals surface area contributed by atoms with E-state index in [1.54, 1.807) is 0 Å². The molecule has 1 aliphatic carbocycles. The zero-order valence-corrected chi connectivity index (χ0v) is 16.7. The van der Waals surface area contributed by atoms with Crippen LogP contribution in [0.3, 0.4) is 0 Å². The van der Waals surface area contributed by atoms with E-state index < -0.39 is 0 Å². The zero-order chi connectivity index (χ0) is 18.5. The van der Waals surface area contributed by atoms with Gasteiger partial charge in [0.05, 0.1) is 24.1 Å². The molecule has 2 aromatic rings. The standard InChI is InChI=1S/C24H30ClNO/c25-22(16-19-10-4-1-5-11-19)24-23(27-18-20-12-6-2-7-13-20)17-26(24)21-14-8-3-9-15-21/h1-2,4-7,10-13,21-24H,3,8-9,14-18H2/t22-,23+,24+/m0/s1. The molecule has 2 aromatic carbocycles. The molecular weight excluding hydrogens is 354 g/mol. The summed E-state index contributed by atoms with van der Waals surface area (Å²) in [5, 5.41) is 0.0869. The van der Waals surface area contributed by atoms with E-state index in [0.29, 0.717) is 18.7 Å². The van der Waals surface area contributed by atoms with Crippen LogP contribution in [0.2, 0.25) is 0 Å². The Morgan fingerprint density at radius 2 is 1.52 bits per heavy atom. The molecule has 1 saturated carbocycles. The van der Waals surface area contributed by atoms with E-state index in [1.807, 2.05) is 0 Å². The first-order valence-corrected chi connectivity index (χ1v) is 10.8. The average molecular weight is 384 g/mol. The molecule has 0 amide bonds. The van der Waals surface area contributed by atoms with E-state index in [2.05, 4.69) is 65.6 Å². The molecule has 0 N–H and O–H groups in total. The Balaban J connectivity index is 1.42. The molecule has 2 aliphatic rings. The topological polar surface area (TPSA) is 12.5 Å². The number of rotatable bonds is 7. The molecule has 144 valence electrons. The van der Waals surface area contributed by atoms with Crippen LogP contribution < -0.4 is 0 Å². The Kier molecular flexibility index (Phi) is 6.49. The smallest absolute Gasteiger partial charge is 0.0876 e. The molecule has 0 aromatic heterocycles. The Labute approximate surface area is 168 Å². The summed E-state index contributed by atoms with van der Waals surface area (Å²) >= 11 is 6.99. The number of ether oxygens (including phenoxy) is 1. The average Bonchev–Trinajstić information content (AvgIpc) is 2.69. The molecule has 0 spiro atoms. The van der Waals surface area contributed by atoms with Gasteiger partial charge in [-0.25, -0.2) is 0 Å². The molecule has 2 nitrogen and oxygen atoms in total. The van der Waals surface area contributed by atoms with Crippen molar-refractivity contribution in [1.29, 1.82) is 0 Å². The van der Waals surface area contributed by atoms with Gasteiger partial charge >= 0.3 is 0 Å². The van der Waals surface area contributed by atoms with Crippen LogP contribution >= 0.6 is 11.6 Å². The second kappa shape index (κ2) is 9.23. The largest absolute Gasteiger partial charge is 0.371 e. The maximum Gasteiger partial charge on any atom is 0.0876 e. The van der Waals surface area contributed by atoms with Gasteiger partial charge in [0.1, 0.15) is 0 Å². The molecule has 3 atom stereocenters. The lowest BCUT2D eigenvalue weighted by molar-refractivity contribution is -0.132. The van der Waals surface area contributed by atoms with E-state index >= 15 is 0 Å². The summed E-state index contributed by atoms with van der Waals surface area (Å²) in [4.78, 5) is 2.65. The van der Waals surface area contributed by atoms with Crippen LogP contribution in [0.5, 0.6) is 0 Å². The van der Waals surface area contributed by atoms with Gasteiger partial charge in [0.2, 0.25) is 0 Å². The number of hydrogen-bond acceptors (Lipinski definition) is 2. The Morgan fingerprint density at radius 3 is 2.19 bits per heavy atom. The highest BCUT2D eigenvalue weighted by atomic mass is 35.5. The summed E-state index contributed by atoms with van der Waals surface area (Å²) < 4.78 is 6.33. The normalized spacial score (nSPS) is 25.1. The number of alkyl halides is 1. The molecule has 2 fully saturated rings. The summed E-state index contributed by atoms with van der Waals surface area (Å²) in [6.07, 6.45) is 7.87. The van der Waals surface area contributed by atoms with E-state index in [0.717, 1.165) is 13.0 Å². The minimum Gasteiger partial charge on any atom is -0.371 e. The lowest BCUT2D eigenvalue weighted by Crippen LogP contribution is -2.68. The SMILES string of the molecule is Cl[C@@H](Cc1ccccc1)[C@@H]1[C@H](OCc2ccccc2)CN1C1CCCCC1. The molecule has 1 aliphatic heterocycles. The van der Waals surface area contributed by atoms with Crippen molar-refractivity contribution in [3.05, 3.63) is 71.8 Å². The van der Waals surface area contributed by atoms with Gasteiger partial charge in [-0.15, -0.1) is 11.6 Å². The number of nitrogens with zero attached hydrogens (tertiary/aromatic N) is 1.